The van der Waals surface area contributed by atoms with E-state index < -0.39 is 0 Å². The number of hydrogen-bond donors (Lipinski definition) is 2. The molecule has 2 amide bonds. The first-order chi connectivity index (χ1) is 12.6. The summed E-state index contributed by atoms with van der Waals surface area (Å²) in [6.07, 6.45) is 3.53. The molecule has 0 unspecified atom stereocenters. The highest BCUT2D eigenvalue weighted by Gasteiger charge is 2.04. The second-order valence-corrected chi connectivity index (χ2v) is 6.19. The predicted octanol–water partition coefficient (Wildman–Crippen LogP) is 3.67. The zero-order chi connectivity index (χ0) is 18.6. The van der Waals surface area contributed by atoms with E-state index in [9.17, 15) is 9.59 Å². The summed E-state index contributed by atoms with van der Waals surface area (Å²) in [6.45, 7) is 0.525. The number of nitrogens with zero attached hydrogens (tertiary/aromatic N) is 1. The van der Waals surface area contributed by atoms with E-state index in [1.165, 1.54) is 6.21 Å². The van der Waals surface area contributed by atoms with Gasteiger partial charge in [-0.1, -0.05) is 60.1 Å². The third-order valence-electron chi connectivity index (χ3n) is 3.69. The monoisotopic (exact) mass is 371 g/mol. The smallest absolute Gasteiger partial charge is 0.240 e. The van der Waals surface area contributed by atoms with Crippen LogP contribution in [0.15, 0.2) is 59.7 Å². The van der Waals surface area contributed by atoms with E-state index >= 15 is 0 Å². The van der Waals surface area contributed by atoms with Crippen molar-refractivity contribution < 1.29 is 9.59 Å². The molecule has 2 N–H and O–H groups in total. The maximum absolute atomic E-state index is 11.8. The van der Waals surface area contributed by atoms with Gasteiger partial charge in [0.15, 0.2) is 0 Å². The first-order valence-corrected chi connectivity index (χ1v) is 8.90. The van der Waals surface area contributed by atoms with Gasteiger partial charge in [0.05, 0.1) is 6.21 Å². The minimum absolute atomic E-state index is 0.00833. The highest BCUT2D eigenvalue weighted by atomic mass is 35.5. The molecule has 2 aromatic rings. The molecule has 0 atom stereocenters. The average molecular weight is 372 g/mol. The second-order valence-electron chi connectivity index (χ2n) is 5.78. The SMILES string of the molecule is O=C(CCCCC(=O)N/N=C/c1ccccc1Cl)NCc1ccccc1. The van der Waals surface area contributed by atoms with Crippen LogP contribution in [0.1, 0.15) is 36.8 Å². The molecule has 0 aromatic heterocycles. The van der Waals surface area contributed by atoms with Crippen molar-refractivity contribution >= 4 is 29.6 Å². The normalized spacial score (nSPS) is 10.7. The largest absolute Gasteiger partial charge is 0.352 e. The van der Waals surface area contributed by atoms with Crippen molar-refractivity contribution in [2.24, 2.45) is 5.10 Å². The quantitative estimate of drug-likeness (QED) is 0.401. The molecule has 0 aliphatic rings. The Bertz CT molecular complexity index is 748. The van der Waals surface area contributed by atoms with Crippen LogP contribution in [0.25, 0.3) is 0 Å². The Morgan fingerprint density at radius 2 is 1.58 bits per heavy atom. The number of halogens is 1. The van der Waals surface area contributed by atoms with E-state index in [4.69, 9.17) is 11.6 Å². The van der Waals surface area contributed by atoms with Gasteiger partial charge in [0.1, 0.15) is 0 Å². The predicted molar refractivity (Wildman–Crippen MR) is 104 cm³/mol. The topological polar surface area (TPSA) is 70.6 Å². The lowest BCUT2D eigenvalue weighted by Gasteiger charge is -2.05. The van der Waals surface area contributed by atoms with E-state index in [1.807, 2.05) is 48.5 Å². The van der Waals surface area contributed by atoms with Gasteiger partial charge < -0.3 is 5.32 Å². The minimum Gasteiger partial charge on any atom is -0.352 e. The lowest BCUT2D eigenvalue weighted by Crippen LogP contribution is -2.22. The van der Waals surface area contributed by atoms with Crippen LogP contribution in [0.4, 0.5) is 0 Å². The molecule has 0 spiro atoms. The molecule has 136 valence electrons. The summed E-state index contributed by atoms with van der Waals surface area (Å²) in [5.41, 5.74) is 4.27. The zero-order valence-corrected chi connectivity index (χ0v) is 15.2. The molecule has 0 aliphatic carbocycles. The first kappa shape index (κ1) is 19.7. The van der Waals surface area contributed by atoms with Gasteiger partial charge in [-0.3, -0.25) is 9.59 Å². The Balaban J connectivity index is 1.57. The molecule has 0 saturated heterocycles. The van der Waals surface area contributed by atoms with Crippen molar-refractivity contribution in [1.29, 1.82) is 0 Å². The lowest BCUT2D eigenvalue weighted by atomic mass is 10.1. The van der Waals surface area contributed by atoms with Crippen molar-refractivity contribution in [3.63, 3.8) is 0 Å². The Morgan fingerprint density at radius 3 is 2.31 bits per heavy atom. The van der Waals surface area contributed by atoms with E-state index in [0.29, 0.717) is 37.3 Å². The maximum Gasteiger partial charge on any atom is 0.240 e. The van der Waals surface area contributed by atoms with Crippen LogP contribution in [-0.4, -0.2) is 18.0 Å². The summed E-state index contributed by atoms with van der Waals surface area (Å²) >= 11 is 5.99. The first-order valence-electron chi connectivity index (χ1n) is 8.52. The number of hydrazone groups is 1. The second kappa shape index (κ2) is 11.1. The molecule has 0 saturated carbocycles. The molecule has 0 bridgehead atoms. The minimum atomic E-state index is -0.182. The standard InChI is InChI=1S/C20H22ClN3O2/c21-18-11-5-4-10-17(18)15-23-24-20(26)13-7-6-12-19(25)22-14-16-8-2-1-3-9-16/h1-5,8-11,15H,6-7,12-14H2,(H,22,25)(H,24,26)/b23-15+. The van der Waals surface area contributed by atoms with E-state index in [1.54, 1.807) is 6.07 Å². The fourth-order valence-electron chi connectivity index (χ4n) is 2.27. The van der Waals surface area contributed by atoms with Crippen molar-refractivity contribution in [2.45, 2.75) is 32.2 Å². The molecule has 2 rings (SSSR count). The van der Waals surface area contributed by atoms with Gasteiger partial charge in [0, 0.05) is 30.0 Å². The number of unbranched alkanes of at least 4 members (excludes halogenated alkanes) is 1. The summed E-state index contributed by atoms with van der Waals surface area (Å²) < 4.78 is 0. The Kier molecular flexibility index (Phi) is 8.36. The van der Waals surface area contributed by atoms with Crippen LogP contribution in [0, 0.1) is 0 Å². The van der Waals surface area contributed by atoms with E-state index in [-0.39, 0.29) is 11.8 Å². The Morgan fingerprint density at radius 1 is 0.923 bits per heavy atom. The van der Waals surface area contributed by atoms with Crippen LogP contribution in [-0.2, 0) is 16.1 Å². The number of benzene rings is 2. The fraction of sp³-hybridized carbons (Fsp3) is 0.250. The van der Waals surface area contributed by atoms with Crippen molar-refractivity contribution in [3.05, 3.63) is 70.7 Å². The van der Waals surface area contributed by atoms with Crippen LogP contribution in [0.2, 0.25) is 5.02 Å². The number of carbonyl (C=O) groups is 2. The van der Waals surface area contributed by atoms with E-state index in [0.717, 1.165) is 11.1 Å². The van der Waals surface area contributed by atoms with E-state index in [2.05, 4.69) is 15.8 Å². The van der Waals surface area contributed by atoms with Crippen LogP contribution >= 0.6 is 11.6 Å². The number of nitrogens with one attached hydrogen (secondary N) is 2. The summed E-state index contributed by atoms with van der Waals surface area (Å²) in [4.78, 5) is 23.5. The summed E-state index contributed by atoms with van der Waals surface area (Å²) in [7, 11) is 0. The summed E-state index contributed by atoms with van der Waals surface area (Å²) in [5.74, 6) is -0.191. The van der Waals surface area contributed by atoms with Gasteiger partial charge in [-0.25, -0.2) is 5.43 Å². The number of amides is 2. The molecule has 6 heteroatoms. The molecule has 0 radical (unpaired) electrons. The fourth-order valence-corrected chi connectivity index (χ4v) is 2.45. The molecule has 5 nitrogen and oxygen atoms in total. The van der Waals surface area contributed by atoms with Gasteiger partial charge >= 0.3 is 0 Å². The number of carbonyl (C=O) groups excluding carboxylic acids is 2. The molecule has 2 aromatic carbocycles. The van der Waals surface area contributed by atoms with Gasteiger partial charge in [0.25, 0.3) is 0 Å². The zero-order valence-electron chi connectivity index (χ0n) is 14.5. The molecular weight excluding hydrogens is 350 g/mol. The molecule has 0 aliphatic heterocycles. The van der Waals surface area contributed by atoms with Gasteiger partial charge in [-0.2, -0.15) is 5.10 Å². The number of hydrogen-bond acceptors (Lipinski definition) is 3. The lowest BCUT2D eigenvalue weighted by molar-refractivity contribution is -0.123. The Labute approximate surface area is 158 Å². The third kappa shape index (κ3) is 7.49. The maximum atomic E-state index is 11.8. The third-order valence-corrected chi connectivity index (χ3v) is 4.03. The van der Waals surface area contributed by atoms with Gasteiger partial charge in [-0.15, -0.1) is 0 Å². The van der Waals surface area contributed by atoms with Crippen LogP contribution in [0.3, 0.4) is 0 Å². The number of rotatable bonds is 9. The summed E-state index contributed by atoms with van der Waals surface area (Å²) in [6, 6.07) is 17.0. The molecular formula is C20H22ClN3O2. The van der Waals surface area contributed by atoms with Crippen molar-refractivity contribution in [2.75, 3.05) is 0 Å². The van der Waals surface area contributed by atoms with Gasteiger partial charge in [0.2, 0.25) is 11.8 Å². The van der Waals surface area contributed by atoms with Crippen molar-refractivity contribution in [3.8, 4) is 0 Å². The van der Waals surface area contributed by atoms with Crippen molar-refractivity contribution in [1.82, 2.24) is 10.7 Å². The van der Waals surface area contributed by atoms with Crippen LogP contribution < -0.4 is 10.7 Å². The summed E-state index contributed by atoms with van der Waals surface area (Å²) in [5, 5.41) is 7.34. The van der Waals surface area contributed by atoms with Gasteiger partial charge in [-0.05, 0) is 24.5 Å². The van der Waals surface area contributed by atoms with Crippen LogP contribution in [0.5, 0.6) is 0 Å². The highest BCUT2D eigenvalue weighted by Crippen LogP contribution is 2.12. The average Bonchev–Trinajstić information content (AvgIpc) is 2.66. The molecule has 0 fully saturated rings. The molecule has 26 heavy (non-hydrogen) atoms. The molecule has 0 heterocycles. The highest BCUT2D eigenvalue weighted by molar-refractivity contribution is 6.33. The Hall–Kier alpha value is -2.66.